The summed E-state index contributed by atoms with van der Waals surface area (Å²) in [6.07, 6.45) is 14.0. The smallest absolute Gasteiger partial charge is 0.329 e. The molecule has 4 aromatic rings. The van der Waals surface area contributed by atoms with Gasteiger partial charge in [-0.25, -0.2) is 19.4 Å². The Morgan fingerprint density at radius 2 is 1.65 bits per heavy atom. The van der Waals surface area contributed by atoms with Crippen molar-refractivity contribution < 1.29 is 57.9 Å². The Bertz CT molecular complexity index is 3140. The largest absolute Gasteiger partial charge is 0.460 e. The fourth-order valence-electron chi connectivity index (χ4n) is 12.6. The predicted octanol–water partition coefficient (Wildman–Crippen LogP) is 9.13. The minimum absolute atomic E-state index is 0.00822. The van der Waals surface area contributed by atoms with Crippen molar-refractivity contribution in [3.8, 4) is 11.3 Å². The van der Waals surface area contributed by atoms with Gasteiger partial charge < -0.3 is 49.9 Å². The van der Waals surface area contributed by atoms with Gasteiger partial charge in [-0.1, -0.05) is 76.6 Å². The van der Waals surface area contributed by atoms with Crippen molar-refractivity contribution in [2.24, 2.45) is 35.5 Å². The molecule has 6 N–H and O–H groups in total. The number of hydrogen-bond donors (Lipinski definition) is 5. The van der Waals surface area contributed by atoms with Gasteiger partial charge in [-0.05, 0) is 146 Å². The molecule has 1 aliphatic carbocycles. The number of carbonyl (C=O) groups is 5. The number of amides is 1. The number of aliphatic hydroxyl groups is 3. The fraction of sp³-hybridized carbons (Fsp3) is 0.609. The first-order valence-corrected chi connectivity index (χ1v) is 30.2. The third-order valence-corrected chi connectivity index (χ3v) is 17.9. The summed E-state index contributed by atoms with van der Waals surface area (Å²) in [7, 11) is 1.38. The number of Topliss-reactive ketones (excluding diaryl/α,β-unsaturated/α-hetero) is 3. The van der Waals surface area contributed by atoms with Gasteiger partial charge in [-0.3, -0.25) is 19.2 Å². The monoisotopic (exact) mass is 1160 g/mol. The maximum Gasteiger partial charge on any atom is 0.329 e. The average molecular weight is 1160 g/mol. The Balaban J connectivity index is 1.11. The van der Waals surface area contributed by atoms with E-state index in [1.54, 1.807) is 37.6 Å². The molecule has 8 rings (SSSR count). The highest BCUT2D eigenvalue weighted by atomic mass is 16.6. The van der Waals surface area contributed by atoms with Gasteiger partial charge in [0.15, 0.2) is 17.0 Å². The van der Waals surface area contributed by atoms with Crippen LogP contribution in [0.5, 0.6) is 0 Å². The minimum atomic E-state index is -2.54. The van der Waals surface area contributed by atoms with E-state index in [9.17, 15) is 39.3 Å². The van der Waals surface area contributed by atoms with Crippen molar-refractivity contribution in [2.45, 2.75) is 200 Å². The van der Waals surface area contributed by atoms with Crippen LogP contribution in [0, 0.1) is 35.5 Å². The van der Waals surface area contributed by atoms with Gasteiger partial charge in [-0.15, -0.1) is 0 Å². The lowest BCUT2D eigenvalue weighted by molar-refractivity contribution is -0.263. The highest BCUT2D eigenvalue weighted by Crippen LogP contribution is 2.39. The first kappa shape index (κ1) is 63.6. The molecule has 3 aromatic heterocycles. The molecule has 2 bridgehead atoms. The summed E-state index contributed by atoms with van der Waals surface area (Å²) in [6, 6.07) is 3.98. The topological polar surface area (TPSA) is 285 Å². The number of esters is 1. The summed E-state index contributed by atoms with van der Waals surface area (Å²) in [5.41, 5.74) is 10.5. The number of ketones is 3. The number of rotatable bonds is 8. The van der Waals surface area contributed by atoms with Crippen molar-refractivity contribution in [3.05, 3.63) is 72.1 Å². The number of piperidine rings is 1. The number of methoxy groups -OCH3 is 1. The molecule has 0 radical (unpaired) electrons. The number of aliphatic hydroxyl groups excluding tert-OH is 2. The number of anilines is 2. The molecule has 3 fully saturated rings. The molecule has 0 spiro atoms. The Morgan fingerprint density at radius 3 is 2.38 bits per heavy atom. The fourth-order valence-corrected chi connectivity index (χ4v) is 12.6. The maximum absolute atomic E-state index is 14.7. The van der Waals surface area contributed by atoms with Gasteiger partial charge in [0.1, 0.15) is 53.5 Å². The summed E-state index contributed by atoms with van der Waals surface area (Å²) in [4.78, 5) is 86.9. The van der Waals surface area contributed by atoms with E-state index in [4.69, 9.17) is 34.4 Å². The van der Waals surface area contributed by atoms with E-state index >= 15 is 0 Å². The minimum Gasteiger partial charge on any atom is -0.460 e. The zero-order valence-corrected chi connectivity index (χ0v) is 50.5. The predicted molar refractivity (Wildman–Crippen MR) is 319 cm³/mol. The molecule has 4 aliphatic rings. The second-order valence-corrected chi connectivity index (χ2v) is 24.8. The molecule has 1 unspecified atom stereocenters. The number of nitrogens with two attached hydrogens (primary N) is 1. The van der Waals surface area contributed by atoms with Crippen molar-refractivity contribution in [3.63, 3.8) is 0 Å². The van der Waals surface area contributed by atoms with E-state index < -0.39 is 77.7 Å². The van der Waals surface area contributed by atoms with Crippen LogP contribution in [-0.4, -0.2) is 136 Å². The number of carbonyl (C=O) groups excluding carboxylic acids is 5. The van der Waals surface area contributed by atoms with E-state index in [0.717, 1.165) is 24.0 Å². The normalized spacial score (nSPS) is 33.2. The van der Waals surface area contributed by atoms with Gasteiger partial charge in [0.25, 0.3) is 17.7 Å². The van der Waals surface area contributed by atoms with Crippen LogP contribution in [0.3, 0.4) is 0 Å². The standard InChI is InChI=1S/C64H88N8O12/c1-35(2)72-60-53(59(65)66-34-67-60)54(70-72)44-22-26-51-48(31-44)69-63(83-51)68-47-32-46-25-19-42(9)64(80,84-46)58(77)61(78)71-27-15-14-18-49(71)62(79)82-52(39(6)30-43-20-23-45(73)24-21-43)33-50(74)38(5)29-41(8)56(76)57(81-10)55(75)40(7)28-36(3)16-12-11-13-17-37(47)4/h11-13,16-17,22,26,29,31,34-36,38-40,42-43,45-47,49,52,56-57,73,76,80H,14-15,18-21,23-25,27-28,30,32-33H2,1-10H3,(H,68,69)(H2,65,66,67)/b13-11+,16-12+,37-17-,41-29+/t36-,38-,39?,40-,42-,43?,45?,46+,47+,49+,52+,56-,57+,64-/m1/s1. The van der Waals surface area contributed by atoms with Gasteiger partial charge in [-0.2, -0.15) is 10.1 Å². The van der Waals surface area contributed by atoms with Crippen LogP contribution in [-0.2, 0) is 38.2 Å². The number of nitrogen functional groups attached to an aromatic ring is 1. The third kappa shape index (κ3) is 14.6. The number of allylic oxidation sites excluding steroid dienone is 6. The van der Waals surface area contributed by atoms with E-state index in [1.807, 2.05) is 84.1 Å². The van der Waals surface area contributed by atoms with Gasteiger partial charge in [0.05, 0.1) is 23.6 Å². The molecule has 6 heterocycles. The van der Waals surface area contributed by atoms with Crippen molar-refractivity contribution in [1.29, 1.82) is 0 Å². The zero-order chi connectivity index (χ0) is 60.7. The number of hydrogen-bond acceptors (Lipinski definition) is 18. The number of oxazole rings is 1. The Hall–Kier alpha value is -6.45. The van der Waals surface area contributed by atoms with Gasteiger partial charge in [0.2, 0.25) is 5.79 Å². The Labute approximate surface area is 492 Å². The van der Waals surface area contributed by atoms with Crippen LogP contribution in [0.1, 0.15) is 152 Å². The molecule has 3 aliphatic heterocycles. The SMILES string of the molecule is CO[C@H]1C(=O)[C@H](C)C[C@H](C)/C=C/C=C/C=C(/C)[C@@H](Nc2nc3cc(-c4nn(C(C)C)c5ncnc(N)c45)ccc3o2)C[C@@H]2CC[C@@H](C)[C@@](O)(O2)C(=O)C(=O)N2CCCC[C@H]2C(=O)O[C@H](C(C)CC2CCC(O)CC2)CC(=O)[C@H](C)/C=C(\C)[C@H]1O. The van der Waals surface area contributed by atoms with Crippen LogP contribution in [0.25, 0.3) is 33.4 Å². The molecular weight excluding hydrogens is 1070 g/mol. The van der Waals surface area contributed by atoms with Gasteiger partial charge >= 0.3 is 5.97 Å². The molecular formula is C64H88N8O12. The van der Waals surface area contributed by atoms with Crippen LogP contribution < -0.4 is 11.1 Å². The summed E-state index contributed by atoms with van der Waals surface area (Å²) in [5.74, 6) is -7.93. The van der Waals surface area contributed by atoms with E-state index in [0.29, 0.717) is 90.6 Å². The highest BCUT2D eigenvalue weighted by Gasteiger charge is 2.53. The molecule has 456 valence electrons. The molecule has 2 saturated heterocycles. The second-order valence-electron chi connectivity index (χ2n) is 24.8. The number of aromatic nitrogens is 5. The lowest BCUT2D eigenvalue weighted by atomic mass is 9.79. The summed E-state index contributed by atoms with van der Waals surface area (Å²) < 4.78 is 26.5. The van der Waals surface area contributed by atoms with E-state index in [2.05, 4.69) is 15.3 Å². The summed E-state index contributed by atoms with van der Waals surface area (Å²) in [5, 5.41) is 43.2. The maximum atomic E-state index is 14.7. The van der Waals surface area contributed by atoms with Crippen LogP contribution in [0.15, 0.2) is 76.5 Å². The molecule has 1 saturated carbocycles. The Morgan fingerprint density at radius 1 is 0.905 bits per heavy atom. The van der Waals surface area contributed by atoms with Crippen molar-refractivity contribution in [2.75, 3.05) is 24.7 Å². The number of nitrogens with zero attached hydrogens (tertiary/aromatic N) is 6. The number of fused-ring (bicyclic) bond motifs is 5. The molecule has 20 nitrogen and oxygen atoms in total. The first-order valence-electron chi connectivity index (χ1n) is 30.2. The average Bonchev–Trinajstić information content (AvgIpc) is 2.22. The van der Waals surface area contributed by atoms with E-state index in [-0.39, 0.29) is 73.3 Å². The van der Waals surface area contributed by atoms with Crippen molar-refractivity contribution >= 4 is 63.2 Å². The van der Waals surface area contributed by atoms with Crippen LogP contribution in [0.4, 0.5) is 11.8 Å². The molecule has 1 aromatic carbocycles. The summed E-state index contributed by atoms with van der Waals surface area (Å²) in [6.45, 7) is 16.8. The third-order valence-electron chi connectivity index (χ3n) is 17.9. The number of nitrogens with one attached hydrogen (secondary N) is 1. The molecule has 84 heavy (non-hydrogen) atoms. The van der Waals surface area contributed by atoms with Crippen LogP contribution >= 0.6 is 0 Å². The molecule has 1 amide bonds. The second kappa shape index (κ2) is 27.7. The zero-order valence-electron chi connectivity index (χ0n) is 50.5. The highest BCUT2D eigenvalue weighted by molar-refractivity contribution is 6.39. The van der Waals surface area contributed by atoms with Crippen molar-refractivity contribution in [1.82, 2.24) is 29.6 Å². The van der Waals surface area contributed by atoms with Crippen LogP contribution in [0.2, 0.25) is 0 Å². The lowest BCUT2D eigenvalue weighted by Gasteiger charge is -2.43. The number of cyclic esters (lactones) is 1. The van der Waals surface area contributed by atoms with E-state index in [1.165, 1.54) is 18.3 Å². The molecule has 12 atom stereocenters. The molecule has 20 heteroatoms. The van der Waals surface area contributed by atoms with Gasteiger partial charge in [0, 0.05) is 49.4 Å². The first-order chi connectivity index (χ1) is 40.0. The lowest BCUT2D eigenvalue weighted by Crippen LogP contribution is -2.61. The summed E-state index contributed by atoms with van der Waals surface area (Å²) >= 11 is 0. The number of benzene rings is 1. The Kier molecular flexibility index (Phi) is 21.0. The quantitative estimate of drug-likeness (QED) is 0.0624. The number of ether oxygens (including phenoxy) is 3.